The van der Waals surface area contributed by atoms with E-state index in [0.717, 1.165) is 37.0 Å². The number of hydrogen-bond acceptors (Lipinski definition) is 7. The van der Waals surface area contributed by atoms with Gasteiger partial charge in [-0.1, -0.05) is 27.7 Å². The Labute approximate surface area is 228 Å². The molecule has 10 heteroatoms. The average Bonchev–Trinajstić information content (AvgIpc) is 3.65. The van der Waals surface area contributed by atoms with E-state index in [1.165, 1.54) is 11.3 Å². The zero-order valence-electron chi connectivity index (χ0n) is 22.8. The monoisotopic (exact) mass is 548 g/mol. The van der Waals surface area contributed by atoms with Gasteiger partial charge >= 0.3 is 12.1 Å². The van der Waals surface area contributed by atoms with Gasteiger partial charge in [0.05, 0.1) is 30.9 Å². The van der Waals surface area contributed by atoms with Crippen molar-refractivity contribution in [2.45, 2.75) is 90.1 Å². The lowest BCUT2D eigenvalue weighted by molar-refractivity contribution is -0.124. The Morgan fingerprint density at radius 3 is 2.53 bits per heavy atom. The fraction of sp³-hybridized carbons (Fsp3) is 0.750. The normalized spacial score (nSPS) is 31.3. The highest BCUT2D eigenvalue weighted by atomic mass is 32.1. The number of ether oxygens (including phenoxy) is 3. The lowest BCUT2D eigenvalue weighted by Crippen LogP contribution is -2.47. The number of nitrogens with zero attached hydrogens (tertiary/aromatic N) is 2. The number of carboxylic acids is 1. The van der Waals surface area contributed by atoms with Crippen molar-refractivity contribution in [3.8, 4) is 0 Å². The summed E-state index contributed by atoms with van der Waals surface area (Å²) in [6.45, 7) is 10.0. The maximum atomic E-state index is 14.1. The van der Waals surface area contributed by atoms with E-state index in [1.54, 1.807) is 9.80 Å². The molecule has 38 heavy (non-hydrogen) atoms. The molecule has 1 aromatic rings. The number of aromatic carboxylic acids is 1. The van der Waals surface area contributed by atoms with E-state index in [-0.39, 0.29) is 46.5 Å². The van der Waals surface area contributed by atoms with Crippen molar-refractivity contribution >= 4 is 35.0 Å². The largest absolute Gasteiger partial charge is 0.477 e. The predicted molar refractivity (Wildman–Crippen MR) is 143 cm³/mol. The first-order valence-electron chi connectivity index (χ1n) is 13.9. The fourth-order valence-electron chi connectivity index (χ4n) is 6.15. The predicted octanol–water partition coefficient (Wildman–Crippen LogP) is 4.88. The second kappa shape index (κ2) is 10.8. The number of amides is 2. The summed E-state index contributed by atoms with van der Waals surface area (Å²) >= 11 is 1.24. The molecule has 1 saturated carbocycles. The topological polar surface area (TPSA) is 106 Å². The molecule has 2 amide bonds. The van der Waals surface area contributed by atoms with Crippen molar-refractivity contribution in [2.75, 3.05) is 31.2 Å². The Morgan fingerprint density at radius 2 is 1.84 bits per heavy atom. The Hall–Kier alpha value is -2.17. The van der Waals surface area contributed by atoms with Crippen molar-refractivity contribution in [3.05, 3.63) is 15.8 Å². The van der Waals surface area contributed by atoms with Gasteiger partial charge in [-0.3, -0.25) is 4.79 Å². The number of carboxylic acid groups (broad SMARTS) is 1. The van der Waals surface area contributed by atoms with Crippen LogP contribution in [0.4, 0.5) is 10.5 Å². The summed E-state index contributed by atoms with van der Waals surface area (Å²) in [5.41, 5.74) is 0.213. The van der Waals surface area contributed by atoms with E-state index < -0.39 is 12.1 Å². The molecule has 0 aromatic carbocycles. The van der Waals surface area contributed by atoms with Crippen LogP contribution in [0.2, 0.25) is 0 Å². The maximum Gasteiger partial charge on any atom is 0.410 e. The molecule has 1 aliphatic carbocycles. The molecule has 0 spiro atoms. The van der Waals surface area contributed by atoms with Crippen LogP contribution in [0.5, 0.6) is 0 Å². The van der Waals surface area contributed by atoms with E-state index >= 15 is 0 Å². The SMILES string of the molecule is CC1CCC(C(=O)N(c2cc(C(C)(C)C)sc2C(=O)O)[C@H]2CCN(C(=O)O[C@H]3CO[C@H]4OCC[C@H]43)C2)CC1. The van der Waals surface area contributed by atoms with E-state index in [2.05, 4.69) is 6.92 Å². The van der Waals surface area contributed by atoms with Gasteiger partial charge in [-0.05, 0) is 55.9 Å². The highest BCUT2D eigenvalue weighted by Crippen LogP contribution is 2.41. The van der Waals surface area contributed by atoms with Gasteiger partial charge in [0, 0.05) is 23.9 Å². The third-order valence-electron chi connectivity index (χ3n) is 8.53. The Bertz CT molecular complexity index is 1060. The van der Waals surface area contributed by atoms with E-state index in [1.807, 2.05) is 26.8 Å². The Balaban J connectivity index is 1.38. The van der Waals surface area contributed by atoms with E-state index in [0.29, 0.717) is 44.3 Å². The molecular formula is C28H40N2O7S. The lowest BCUT2D eigenvalue weighted by Gasteiger charge is -2.34. The van der Waals surface area contributed by atoms with Gasteiger partial charge in [-0.2, -0.15) is 0 Å². The summed E-state index contributed by atoms with van der Waals surface area (Å²) in [5.74, 6) is -0.532. The fourth-order valence-corrected chi connectivity index (χ4v) is 7.20. The first-order valence-corrected chi connectivity index (χ1v) is 14.7. The molecule has 5 rings (SSSR count). The van der Waals surface area contributed by atoms with Crippen molar-refractivity contribution in [3.63, 3.8) is 0 Å². The molecule has 9 nitrogen and oxygen atoms in total. The number of anilines is 1. The third-order valence-corrected chi connectivity index (χ3v) is 10.1. The van der Waals surface area contributed by atoms with Crippen molar-refractivity contribution in [1.29, 1.82) is 0 Å². The van der Waals surface area contributed by atoms with Gasteiger partial charge in [0.1, 0.15) is 11.0 Å². The summed E-state index contributed by atoms with van der Waals surface area (Å²) in [5, 5.41) is 10.1. The minimum Gasteiger partial charge on any atom is -0.477 e. The first kappa shape index (κ1) is 27.4. The van der Waals surface area contributed by atoms with Crippen LogP contribution < -0.4 is 4.90 Å². The van der Waals surface area contributed by atoms with Crippen LogP contribution >= 0.6 is 11.3 Å². The van der Waals surface area contributed by atoms with E-state index in [9.17, 15) is 19.5 Å². The van der Waals surface area contributed by atoms with Gasteiger partial charge in [-0.15, -0.1) is 11.3 Å². The minimum atomic E-state index is -1.03. The molecule has 3 saturated heterocycles. The summed E-state index contributed by atoms with van der Waals surface area (Å²) in [6, 6.07) is 1.58. The molecule has 0 radical (unpaired) electrons. The third kappa shape index (κ3) is 5.45. The Morgan fingerprint density at radius 1 is 1.11 bits per heavy atom. The molecule has 210 valence electrons. The second-order valence-electron chi connectivity index (χ2n) is 12.4. The molecule has 0 unspecified atom stereocenters. The zero-order chi connectivity index (χ0) is 27.2. The molecular weight excluding hydrogens is 508 g/mol. The standard InChI is InChI=1S/C28H40N2O7S/c1-16-5-7-17(8-6-16)24(31)30(20-13-22(28(2,3)4)38-23(20)25(32)33)18-9-11-29(14-18)27(34)37-21-15-36-26-19(21)10-12-35-26/h13,16-19,21,26H,5-12,14-15H2,1-4H3,(H,32,33)/t16?,17?,18-,19-,21-,26+/m0/s1. The summed E-state index contributed by atoms with van der Waals surface area (Å²) < 4.78 is 17.0. The highest BCUT2D eigenvalue weighted by Gasteiger charge is 2.46. The summed E-state index contributed by atoms with van der Waals surface area (Å²) in [6.07, 6.45) is 3.93. The second-order valence-corrected chi connectivity index (χ2v) is 13.4. The van der Waals surface area contributed by atoms with Crippen LogP contribution in [-0.4, -0.2) is 72.7 Å². The number of rotatable bonds is 5. The van der Waals surface area contributed by atoms with Gasteiger partial charge in [0.15, 0.2) is 6.29 Å². The maximum absolute atomic E-state index is 14.1. The summed E-state index contributed by atoms with van der Waals surface area (Å²) in [7, 11) is 0. The van der Waals surface area contributed by atoms with Crippen LogP contribution in [0.3, 0.4) is 0 Å². The van der Waals surface area contributed by atoms with Crippen LogP contribution in [0, 0.1) is 17.8 Å². The van der Waals surface area contributed by atoms with Crippen LogP contribution in [0.15, 0.2) is 6.07 Å². The molecule has 4 aliphatic rings. The molecule has 4 heterocycles. The number of fused-ring (bicyclic) bond motifs is 1. The van der Waals surface area contributed by atoms with Crippen molar-refractivity contribution in [1.82, 2.24) is 4.90 Å². The molecule has 0 bridgehead atoms. The van der Waals surface area contributed by atoms with Gasteiger partial charge in [0.25, 0.3) is 0 Å². The average molecular weight is 549 g/mol. The van der Waals surface area contributed by atoms with E-state index in [4.69, 9.17) is 14.2 Å². The molecule has 3 aliphatic heterocycles. The number of hydrogen-bond donors (Lipinski definition) is 1. The molecule has 4 fully saturated rings. The zero-order valence-corrected chi connectivity index (χ0v) is 23.6. The lowest BCUT2D eigenvalue weighted by atomic mass is 9.82. The number of thiophene rings is 1. The van der Waals surface area contributed by atoms with Gasteiger partial charge in [-0.25, -0.2) is 9.59 Å². The number of carbonyl (C=O) groups excluding carboxylic acids is 2. The number of carbonyl (C=O) groups is 3. The minimum absolute atomic E-state index is 0.0204. The quantitative estimate of drug-likeness (QED) is 0.559. The summed E-state index contributed by atoms with van der Waals surface area (Å²) in [4.78, 5) is 44.0. The van der Waals surface area contributed by atoms with Crippen LogP contribution in [-0.2, 0) is 24.4 Å². The highest BCUT2D eigenvalue weighted by molar-refractivity contribution is 7.14. The van der Waals surface area contributed by atoms with Gasteiger partial charge < -0.3 is 29.1 Å². The van der Waals surface area contributed by atoms with Crippen molar-refractivity contribution < 1.29 is 33.7 Å². The molecule has 4 atom stereocenters. The molecule has 1 aromatic heterocycles. The van der Waals surface area contributed by atoms with Crippen LogP contribution in [0.25, 0.3) is 0 Å². The van der Waals surface area contributed by atoms with Crippen molar-refractivity contribution in [2.24, 2.45) is 17.8 Å². The molecule has 1 N–H and O–H groups in total. The smallest absolute Gasteiger partial charge is 0.410 e. The number of likely N-dealkylation sites (tertiary alicyclic amines) is 1. The first-order chi connectivity index (χ1) is 18.0. The Kier molecular flexibility index (Phi) is 7.77. The van der Waals surface area contributed by atoms with Gasteiger partial charge in [0.2, 0.25) is 5.91 Å². The van der Waals surface area contributed by atoms with Crippen LogP contribution in [0.1, 0.15) is 80.8 Å².